The predicted octanol–water partition coefficient (Wildman–Crippen LogP) is 6.64. The monoisotopic (exact) mass is 560 g/mol. The molecule has 4 N–H and O–H groups in total. The predicted molar refractivity (Wildman–Crippen MR) is 161 cm³/mol. The summed E-state index contributed by atoms with van der Waals surface area (Å²) in [4.78, 5) is 8.05. The van der Waals surface area contributed by atoms with E-state index in [-0.39, 0.29) is 11.6 Å². The fraction of sp³-hybridized carbons (Fsp3) is 0.0625. The number of nitrogens with one attached hydrogen (secondary N) is 4. The normalized spacial score (nSPS) is 10.3. The summed E-state index contributed by atoms with van der Waals surface area (Å²) in [5.41, 5.74) is 7.14. The Morgan fingerprint density at radius 2 is 1.07 bits per heavy atom. The lowest BCUT2D eigenvalue weighted by Gasteiger charge is -2.07. The highest BCUT2D eigenvalue weighted by molar-refractivity contribution is 5.89. The molecule has 0 atom stereocenters. The van der Waals surface area contributed by atoms with Crippen LogP contribution in [0.5, 0.6) is 0 Å². The van der Waals surface area contributed by atoms with Gasteiger partial charge >= 0.3 is 0 Å². The van der Waals surface area contributed by atoms with Crippen molar-refractivity contribution in [2.75, 3.05) is 24.2 Å². The molecule has 0 aliphatic rings. The van der Waals surface area contributed by atoms with E-state index in [0.29, 0.717) is 12.4 Å². The van der Waals surface area contributed by atoms with Crippen molar-refractivity contribution in [1.29, 1.82) is 0 Å². The van der Waals surface area contributed by atoms with Crippen LogP contribution in [0.1, 0.15) is 0 Å². The standard InChI is InChI=1S/C17H13FN4.C15H13FN4/c1-2-9-20-17-15(12-7-10-19-11-8-12)16(21-22-17)13-3-5-14(18)6-4-13;1-17-15-13(10-6-8-18-9-7-10)14(19-20-15)11-2-4-12(16)5-3-11/h1,3-8,10-11H,9H2,(H2,20,21,22);2-9H,1H3,(H2,17,19,20). The van der Waals surface area contributed by atoms with E-state index in [0.717, 1.165) is 50.6 Å². The number of benzene rings is 2. The fourth-order valence-corrected chi connectivity index (χ4v) is 4.38. The van der Waals surface area contributed by atoms with E-state index in [4.69, 9.17) is 6.42 Å². The molecule has 4 heterocycles. The van der Waals surface area contributed by atoms with Crippen molar-refractivity contribution >= 4 is 11.6 Å². The van der Waals surface area contributed by atoms with Gasteiger partial charge in [-0.25, -0.2) is 8.78 Å². The molecule has 2 aromatic carbocycles. The quantitative estimate of drug-likeness (QED) is 0.163. The first-order valence-electron chi connectivity index (χ1n) is 12.9. The molecule has 0 saturated heterocycles. The number of hydrogen-bond donors (Lipinski definition) is 4. The lowest BCUT2D eigenvalue weighted by Crippen LogP contribution is -2.00. The number of nitrogens with zero attached hydrogens (tertiary/aromatic N) is 4. The van der Waals surface area contributed by atoms with Crippen LogP contribution in [-0.2, 0) is 0 Å². The average Bonchev–Trinajstić information content (AvgIpc) is 3.67. The van der Waals surface area contributed by atoms with E-state index in [2.05, 4.69) is 46.9 Å². The number of terminal acetylenes is 1. The van der Waals surface area contributed by atoms with Crippen molar-refractivity contribution in [2.45, 2.75) is 0 Å². The molecule has 6 rings (SSSR count). The van der Waals surface area contributed by atoms with Gasteiger partial charge in [0.1, 0.15) is 11.6 Å². The topological polar surface area (TPSA) is 107 Å². The zero-order chi connectivity index (χ0) is 29.3. The number of aromatic amines is 2. The van der Waals surface area contributed by atoms with Gasteiger partial charge in [0.2, 0.25) is 0 Å². The number of aromatic nitrogens is 6. The molecule has 0 aliphatic heterocycles. The van der Waals surface area contributed by atoms with Crippen LogP contribution in [0, 0.1) is 24.0 Å². The minimum atomic E-state index is -0.278. The number of hydrogen-bond acceptors (Lipinski definition) is 6. The van der Waals surface area contributed by atoms with Gasteiger partial charge in [-0.2, -0.15) is 10.2 Å². The highest BCUT2D eigenvalue weighted by Gasteiger charge is 2.17. The Balaban J connectivity index is 0.000000169. The molecule has 6 aromatic rings. The molecule has 0 aliphatic carbocycles. The summed E-state index contributed by atoms with van der Waals surface area (Å²) < 4.78 is 26.2. The van der Waals surface area contributed by atoms with Gasteiger partial charge < -0.3 is 10.6 Å². The maximum absolute atomic E-state index is 13.1. The molecule has 0 radical (unpaired) electrons. The van der Waals surface area contributed by atoms with Crippen molar-refractivity contribution < 1.29 is 8.78 Å². The van der Waals surface area contributed by atoms with Gasteiger partial charge in [0.05, 0.1) is 29.1 Å². The molecular weight excluding hydrogens is 534 g/mol. The average molecular weight is 561 g/mol. The third-order valence-electron chi connectivity index (χ3n) is 6.33. The van der Waals surface area contributed by atoms with Gasteiger partial charge in [-0.15, -0.1) is 6.42 Å². The van der Waals surface area contributed by atoms with Crippen LogP contribution < -0.4 is 10.6 Å². The number of anilines is 2. The van der Waals surface area contributed by atoms with Crippen LogP contribution >= 0.6 is 0 Å². The first-order valence-corrected chi connectivity index (χ1v) is 12.9. The highest BCUT2D eigenvalue weighted by atomic mass is 19.1. The summed E-state index contributed by atoms with van der Waals surface area (Å²) in [5.74, 6) is 3.39. The Morgan fingerprint density at radius 3 is 1.50 bits per heavy atom. The van der Waals surface area contributed by atoms with E-state index < -0.39 is 0 Å². The highest BCUT2D eigenvalue weighted by Crippen LogP contribution is 2.36. The lowest BCUT2D eigenvalue weighted by molar-refractivity contribution is 0.627. The third-order valence-corrected chi connectivity index (χ3v) is 6.33. The van der Waals surface area contributed by atoms with E-state index in [1.54, 1.807) is 49.1 Å². The van der Waals surface area contributed by atoms with E-state index >= 15 is 0 Å². The molecule has 0 fully saturated rings. The van der Waals surface area contributed by atoms with Crippen LogP contribution in [0.15, 0.2) is 97.6 Å². The van der Waals surface area contributed by atoms with Crippen LogP contribution in [0.4, 0.5) is 20.4 Å². The molecule has 0 unspecified atom stereocenters. The molecule has 10 heteroatoms. The first-order chi connectivity index (χ1) is 20.6. The summed E-state index contributed by atoms with van der Waals surface area (Å²) in [7, 11) is 1.81. The van der Waals surface area contributed by atoms with Crippen LogP contribution in [-0.4, -0.2) is 44.0 Å². The van der Waals surface area contributed by atoms with Gasteiger partial charge in [-0.3, -0.25) is 20.2 Å². The first kappa shape index (κ1) is 27.7. The Bertz CT molecular complexity index is 1770. The Labute approximate surface area is 241 Å². The zero-order valence-corrected chi connectivity index (χ0v) is 22.6. The number of H-pyrrole nitrogens is 2. The van der Waals surface area contributed by atoms with Crippen LogP contribution in [0.25, 0.3) is 44.8 Å². The number of pyridine rings is 2. The second-order valence-corrected chi connectivity index (χ2v) is 8.94. The minimum Gasteiger partial charge on any atom is -0.371 e. The molecule has 0 saturated carbocycles. The van der Waals surface area contributed by atoms with Crippen LogP contribution in [0.2, 0.25) is 0 Å². The Hall–Kier alpha value is -5.82. The van der Waals surface area contributed by atoms with Crippen molar-refractivity contribution in [1.82, 2.24) is 30.4 Å². The summed E-state index contributed by atoms with van der Waals surface area (Å²) in [5, 5.41) is 20.7. The van der Waals surface area contributed by atoms with Crippen molar-refractivity contribution in [3.05, 3.63) is 109 Å². The zero-order valence-electron chi connectivity index (χ0n) is 22.6. The molecule has 8 nitrogen and oxygen atoms in total. The van der Waals surface area contributed by atoms with Gasteiger partial charge in [0, 0.05) is 43.0 Å². The van der Waals surface area contributed by atoms with Crippen LogP contribution in [0.3, 0.4) is 0 Å². The van der Waals surface area contributed by atoms with E-state index in [1.165, 1.54) is 24.3 Å². The van der Waals surface area contributed by atoms with Gasteiger partial charge in [0.25, 0.3) is 0 Å². The third kappa shape index (κ3) is 6.16. The minimum absolute atomic E-state index is 0.257. The van der Waals surface area contributed by atoms with Gasteiger partial charge in [-0.1, -0.05) is 5.92 Å². The molecule has 0 bridgehead atoms. The molecule has 4 aromatic heterocycles. The number of rotatable bonds is 7. The Morgan fingerprint density at radius 1 is 0.643 bits per heavy atom. The SMILES string of the molecule is C#CCNc1n[nH]c(-c2ccc(F)cc2)c1-c1ccncc1.CNc1n[nH]c(-c2ccc(F)cc2)c1-c1ccncc1. The second kappa shape index (κ2) is 13.0. The largest absolute Gasteiger partial charge is 0.371 e. The van der Waals surface area contributed by atoms with Crippen molar-refractivity contribution in [3.8, 4) is 57.1 Å². The summed E-state index contributed by atoms with van der Waals surface area (Å²) in [6.07, 6.45) is 12.2. The summed E-state index contributed by atoms with van der Waals surface area (Å²) in [6, 6.07) is 20.2. The van der Waals surface area contributed by atoms with Crippen molar-refractivity contribution in [2.24, 2.45) is 0 Å². The molecule has 42 heavy (non-hydrogen) atoms. The van der Waals surface area contributed by atoms with Crippen molar-refractivity contribution in [3.63, 3.8) is 0 Å². The molecule has 0 amide bonds. The smallest absolute Gasteiger partial charge is 0.157 e. The summed E-state index contributed by atoms with van der Waals surface area (Å²) >= 11 is 0. The molecular formula is C32H26F2N8. The molecule has 0 spiro atoms. The number of halogens is 2. The van der Waals surface area contributed by atoms with E-state index in [9.17, 15) is 8.78 Å². The maximum atomic E-state index is 13.1. The van der Waals surface area contributed by atoms with E-state index in [1.807, 2.05) is 31.3 Å². The second-order valence-electron chi connectivity index (χ2n) is 8.94. The van der Waals surface area contributed by atoms with Gasteiger partial charge in [0.15, 0.2) is 11.6 Å². The van der Waals surface area contributed by atoms with Gasteiger partial charge in [-0.05, 0) is 83.9 Å². The Kier molecular flexibility index (Phi) is 8.60. The summed E-state index contributed by atoms with van der Waals surface area (Å²) in [6.45, 7) is 0.367. The lowest BCUT2D eigenvalue weighted by atomic mass is 10.0. The molecule has 208 valence electrons. The fourth-order valence-electron chi connectivity index (χ4n) is 4.38. The maximum Gasteiger partial charge on any atom is 0.157 e.